The quantitative estimate of drug-likeness (QED) is 0.730. The van der Waals surface area contributed by atoms with Gasteiger partial charge in [-0.05, 0) is 24.1 Å². The van der Waals surface area contributed by atoms with Crippen LogP contribution in [-0.2, 0) is 4.74 Å². The third-order valence-electron chi connectivity index (χ3n) is 2.36. The van der Waals surface area contributed by atoms with E-state index in [1.165, 1.54) is 6.07 Å². The van der Waals surface area contributed by atoms with Gasteiger partial charge in [0.25, 0.3) is 0 Å². The maximum atomic E-state index is 13.0. The summed E-state index contributed by atoms with van der Waals surface area (Å²) in [6, 6.07) is 6.93. The van der Waals surface area contributed by atoms with Crippen LogP contribution < -0.4 is 5.32 Å². The maximum Gasteiger partial charge on any atom is 0.123 e. The minimum Gasteiger partial charge on any atom is -0.383 e. The Hall–Kier alpha value is -0.930. The first-order chi connectivity index (χ1) is 7.27. The highest BCUT2D eigenvalue weighted by atomic mass is 19.1. The Balaban J connectivity index is 2.57. The van der Waals surface area contributed by atoms with E-state index in [2.05, 4.69) is 12.2 Å². The van der Waals surface area contributed by atoms with Crippen LogP contribution in [0.5, 0.6) is 0 Å². The molecule has 0 aromatic heterocycles. The molecule has 1 aromatic carbocycles. The van der Waals surface area contributed by atoms with Crippen molar-refractivity contribution in [2.75, 3.05) is 20.3 Å². The topological polar surface area (TPSA) is 21.3 Å². The van der Waals surface area contributed by atoms with Gasteiger partial charge in [0.1, 0.15) is 5.82 Å². The lowest BCUT2D eigenvalue weighted by Crippen LogP contribution is -2.24. The molecule has 1 rings (SSSR count). The number of rotatable bonds is 6. The molecule has 0 amide bonds. The van der Waals surface area contributed by atoms with Crippen LogP contribution in [0.1, 0.15) is 24.9 Å². The summed E-state index contributed by atoms with van der Waals surface area (Å²) in [5, 5.41) is 3.32. The molecule has 0 saturated carbocycles. The zero-order valence-corrected chi connectivity index (χ0v) is 9.29. The first kappa shape index (κ1) is 12.1. The van der Waals surface area contributed by atoms with Crippen molar-refractivity contribution in [3.05, 3.63) is 35.6 Å². The summed E-state index contributed by atoms with van der Waals surface area (Å²) in [7, 11) is 1.67. The molecule has 0 saturated heterocycles. The molecule has 0 aliphatic carbocycles. The molecule has 15 heavy (non-hydrogen) atoms. The van der Waals surface area contributed by atoms with Crippen molar-refractivity contribution in [2.24, 2.45) is 0 Å². The second kappa shape index (κ2) is 6.53. The molecule has 1 unspecified atom stereocenters. The van der Waals surface area contributed by atoms with Crippen molar-refractivity contribution in [3.63, 3.8) is 0 Å². The molecule has 0 radical (unpaired) electrons. The normalized spacial score (nSPS) is 12.7. The van der Waals surface area contributed by atoms with Gasteiger partial charge in [0.2, 0.25) is 0 Å². The van der Waals surface area contributed by atoms with Crippen LogP contribution in [0.25, 0.3) is 0 Å². The van der Waals surface area contributed by atoms with Gasteiger partial charge in [0, 0.05) is 19.7 Å². The number of nitrogens with one attached hydrogen (secondary N) is 1. The number of benzene rings is 1. The van der Waals surface area contributed by atoms with Crippen molar-refractivity contribution in [3.8, 4) is 0 Å². The number of ether oxygens (including phenoxy) is 1. The maximum absolute atomic E-state index is 13.0. The lowest BCUT2D eigenvalue weighted by atomic mass is 10.0. The van der Waals surface area contributed by atoms with Crippen LogP contribution in [0.4, 0.5) is 4.39 Å². The molecule has 0 aliphatic rings. The molecule has 0 fully saturated rings. The van der Waals surface area contributed by atoms with E-state index in [0.717, 1.165) is 18.5 Å². The van der Waals surface area contributed by atoms with E-state index in [1.807, 2.05) is 6.07 Å². The summed E-state index contributed by atoms with van der Waals surface area (Å²) in [6.45, 7) is 3.53. The number of methoxy groups -OCH3 is 1. The smallest absolute Gasteiger partial charge is 0.123 e. The second-order valence-corrected chi connectivity index (χ2v) is 3.46. The van der Waals surface area contributed by atoms with Crippen molar-refractivity contribution in [2.45, 2.75) is 19.4 Å². The average Bonchev–Trinajstić information content (AvgIpc) is 2.24. The highest BCUT2D eigenvalue weighted by molar-refractivity contribution is 5.19. The Bertz CT molecular complexity index is 291. The molecule has 1 N–H and O–H groups in total. The third kappa shape index (κ3) is 3.98. The van der Waals surface area contributed by atoms with Crippen LogP contribution in [0.3, 0.4) is 0 Å². The van der Waals surface area contributed by atoms with Gasteiger partial charge in [-0.15, -0.1) is 0 Å². The minimum absolute atomic E-state index is 0.181. The van der Waals surface area contributed by atoms with Gasteiger partial charge in [0.15, 0.2) is 0 Å². The van der Waals surface area contributed by atoms with Gasteiger partial charge in [-0.2, -0.15) is 0 Å². The fourth-order valence-electron chi connectivity index (χ4n) is 1.56. The summed E-state index contributed by atoms with van der Waals surface area (Å²) in [6.07, 6.45) is 0.938. The van der Waals surface area contributed by atoms with E-state index >= 15 is 0 Å². The zero-order chi connectivity index (χ0) is 11.1. The number of halogens is 1. The molecular weight excluding hydrogens is 193 g/mol. The molecule has 1 atom stereocenters. The van der Waals surface area contributed by atoms with Crippen molar-refractivity contribution < 1.29 is 9.13 Å². The minimum atomic E-state index is -0.181. The van der Waals surface area contributed by atoms with Crippen molar-refractivity contribution in [1.29, 1.82) is 0 Å². The largest absolute Gasteiger partial charge is 0.383 e. The number of hydrogen-bond donors (Lipinski definition) is 1. The van der Waals surface area contributed by atoms with Crippen LogP contribution in [-0.4, -0.2) is 20.3 Å². The average molecular weight is 211 g/mol. The first-order valence-corrected chi connectivity index (χ1v) is 5.25. The van der Waals surface area contributed by atoms with Crippen LogP contribution in [0, 0.1) is 5.82 Å². The van der Waals surface area contributed by atoms with Gasteiger partial charge in [0.05, 0.1) is 6.61 Å². The fraction of sp³-hybridized carbons (Fsp3) is 0.500. The lowest BCUT2D eigenvalue weighted by Gasteiger charge is -2.17. The highest BCUT2D eigenvalue weighted by Gasteiger charge is 2.08. The molecule has 84 valence electrons. The Morgan fingerprint density at radius 2 is 2.27 bits per heavy atom. The Morgan fingerprint density at radius 1 is 1.47 bits per heavy atom. The molecular formula is C12H18FNO. The van der Waals surface area contributed by atoms with Gasteiger partial charge in [-0.1, -0.05) is 19.1 Å². The molecule has 2 nitrogen and oxygen atoms in total. The second-order valence-electron chi connectivity index (χ2n) is 3.46. The summed E-state index contributed by atoms with van der Waals surface area (Å²) in [5.74, 6) is -0.181. The molecule has 0 aliphatic heterocycles. The molecule has 1 aromatic rings. The Morgan fingerprint density at radius 3 is 2.87 bits per heavy atom. The fourth-order valence-corrected chi connectivity index (χ4v) is 1.56. The zero-order valence-electron chi connectivity index (χ0n) is 9.29. The van der Waals surface area contributed by atoms with Crippen molar-refractivity contribution in [1.82, 2.24) is 5.32 Å². The predicted octanol–water partition coefficient (Wildman–Crippen LogP) is 2.51. The van der Waals surface area contributed by atoms with Crippen LogP contribution >= 0.6 is 0 Å². The monoisotopic (exact) mass is 211 g/mol. The SMILES string of the molecule is CCC(NCCOC)c1cccc(F)c1. The van der Waals surface area contributed by atoms with E-state index in [4.69, 9.17) is 4.74 Å². The Kier molecular flexibility index (Phi) is 5.29. The first-order valence-electron chi connectivity index (χ1n) is 5.25. The summed E-state index contributed by atoms with van der Waals surface area (Å²) >= 11 is 0. The van der Waals surface area contributed by atoms with E-state index in [-0.39, 0.29) is 11.9 Å². The number of hydrogen-bond acceptors (Lipinski definition) is 2. The standard InChI is InChI=1S/C12H18FNO/c1-3-12(14-7-8-15-2)10-5-4-6-11(13)9-10/h4-6,9,12,14H,3,7-8H2,1-2H3. The van der Waals surface area contributed by atoms with Gasteiger partial charge in [-0.3, -0.25) is 0 Å². The van der Waals surface area contributed by atoms with Gasteiger partial charge in [-0.25, -0.2) is 4.39 Å². The van der Waals surface area contributed by atoms with E-state index in [9.17, 15) is 4.39 Å². The van der Waals surface area contributed by atoms with E-state index in [1.54, 1.807) is 19.2 Å². The van der Waals surface area contributed by atoms with Gasteiger partial charge < -0.3 is 10.1 Å². The highest BCUT2D eigenvalue weighted by Crippen LogP contribution is 2.16. The van der Waals surface area contributed by atoms with Crippen molar-refractivity contribution >= 4 is 0 Å². The lowest BCUT2D eigenvalue weighted by molar-refractivity contribution is 0.195. The van der Waals surface area contributed by atoms with Gasteiger partial charge >= 0.3 is 0 Å². The van der Waals surface area contributed by atoms with Crippen LogP contribution in [0.2, 0.25) is 0 Å². The Labute approximate surface area is 90.4 Å². The molecule has 0 heterocycles. The predicted molar refractivity (Wildman–Crippen MR) is 59.3 cm³/mol. The summed E-state index contributed by atoms with van der Waals surface area (Å²) in [4.78, 5) is 0. The molecule has 0 bridgehead atoms. The van der Waals surface area contributed by atoms with Crippen LogP contribution in [0.15, 0.2) is 24.3 Å². The summed E-state index contributed by atoms with van der Waals surface area (Å²) < 4.78 is 18.0. The van der Waals surface area contributed by atoms with E-state index < -0.39 is 0 Å². The van der Waals surface area contributed by atoms with E-state index in [0.29, 0.717) is 6.61 Å². The third-order valence-corrected chi connectivity index (χ3v) is 2.36. The summed E-state index contributed by atoms with van der Waals surface area (Å²) in [5.41, 5.74) is 0.994. The molecule has 3 heteroatoms. The molecule has 0 spiro atoms.